The third-order valence-electron chi connectivity index (χ3n) is 3.15. The fraction of sp³-hybridized carbons (Fsp3) is 0.462. The quantitative estimate of drug-likeness (QED) is 0.842. The highest BCUT2D eigenvalue weighted by Gasteiger charge is 2.19. The highest BCUT2D eigenvalue weighted by atomic mass is 16.2. The van der Waals surface area contributed by atoms with Crippen molar-refractivity contribution in [3.63, 3.8) is 0 Å². The number of amides is 2. The third-order valence-corrected chi connectivity index (χ3v) is 3.15. The van der Waals surface area contributed by atoms with E-state index in [1.807, 2.05) is 12.1 Å². The van der Waals surface area contributed by atoms with Crippen LogP contribution in [0.3, 0.4) is 0 Å². The fourth-order valence-corrected chi connectivity index (χ4v) is 2.11. The molecule has 0 aromatic heterocycles. The molecular weight excluding hydrogens is 214 g/mol. The van der Waals surface area contributed by atoms with Crippen molar-refractivity contribution in [3.8, 4) is 0 Å². The average Bonchev–Trinajstić information content (AvgIpc) is 2.30. The van der Waals surface area contributed by atoms with Gasteiger partial charge in [-0.3, -0.25) is 0 Å². The molecule has 2 rings (SSSR count). The fourth-order valence-electron chi connectivity index (χ4n) is 2.11. The van der Waals surface area contributed by atoms with Crippen LogP contribution in [-0.2, 0) is 6.54 Å². The first-order valence-corrected chi connectivity index (χ1v) is 6.02. The molecule has 0 radical (unpaired) electrons. The van der Waals surface area contributed by atoms with Crippen LogP contribution in [0.25, 0.3) is 0 Å². The largest absolute Gasteiger partial charge is 0.324 e. The summed E-state index contributed by atoms with van der Waals surface area (Å²) in [7, 11) is 1.79. The molecule has 1 heterocycles. The van der Waals surface area contributed by atoms with Gasteiger partial charge in [0.25, 0.3) is 0 Å². The number of nitrogens with two attached hydrogens (primary N) is 1. The molecule has 92 valence electrons. The van der Waals surface area contributed by atoms with Gasteiger partial charge in [-0.15, -0.1) is 0 Å². The third kappa shape index (κ3) is 2.42. The Labute approximate surface area is 102 Å². The van der Waals surface area contributed by atoms with Gasteiger partial charge >= 0.3 is 6.03 Å². The Kier molecular flexibility index (Phi) is 3.33. The molecule has 0 saturated carbocycles. The van der Waals surface area contributed by atoms with Crippen molar-refractivity contribution in [1.29, 1.82) is 0 Å². The molecule has 17 heavy (non-hydrogen) atoms. The van der Waals surface area contributed by atoms with E-state index in [1.165, 1.54) is 0 Å². The minimum Gasteiger partial charge on any atom is -0.324 e. The van der Waals surface area contributed by atoms with Crippen molar-refractivity contribution in [2.24, 2.45) is 5.73 Å². The Morgan fingerprint density at radius 3 is 3.00 bits per heavy atom. The number of nitrogens with zero attached hydrogens (tertiary/aromatic N) is 1. The van der Waals surface area contributed by atoms with E-state index in [2.05, 4.69) is 18.3 Å². The molecule has 1 aromatic rings. The molecule has 0 spiro atoms. The number of rotatable bonds is 3. The van der Waals surface area contributed by atoms with Crippen LogP contribution in [0.5, 0.6) is 0 Å². The normalized spacial score (nSPS) is 16.4. The number of hydrogen-bond donors (Lipinski definition) is 2. The Bertz CT molecular complexity index is 431. The van der Waals surface area contributed by atoms with Crippen LogP contribution >= 0.6 is 0 Å². The molecule has 4 nitrogen and oxygen atoms in total. The van der Waals surface area contributed by atoms with Gasteiger partial charge in [-0.25, -0.2) is 4.79 Å². The minimum absolute atomic E-state index is 0.0527. The summed E-state index contributed by atoms with van der Waals surface area (Å²) in [5.74, 6) is 0. The Morgan fingerprint density at radius 1 is 1.53 bits per heavy atom. The highest BCUT2D eigenvalue weighted by Crippen LogP contribution is 2.26. The second kappa shape index (κ2) is 4.75. The second-order valence-corrected chi connectivity index (χ2v) is 4.60. The number of nitrogens with one attached hydrogen (secondary N) is 1. The van der Waals surface area contributed by atoms with E-state index in [-0.39, 0.29) is 12.1 Å². The first-order valence-electron chi connectivity index (χ1n) is 6.02. The smallest absolute Gasteiger partial charge is 0.321 e. The molecule has 2 amide bonds. The van der Waals surface area contributed by atoms with Crippen LogP contribution in [-0.4, -0.2) is 18.0 Å². The lowest BCUT2D eigenvalue weighted by molar-refractivity contribution is 0.218. The van der Waals surface area contributed by atoms with Crippen molar-refractivity contribution < 1.29 is 4.79 Å². The van der Waals surface area contributed by atoms with Crippen LogP contribution in [0.4, 0.5) is 10.5 Å². The molecule has 0 saturated heterocycles. The van der Waals surface area contributed by atoms with Gasteiger partial charge in [0.15, 0.2) is 0 Å². The summed E-state index contributed by atoms with van der Waals surface area (Å²) >= 11 is 0. The second-order valence-electron chi connectivity index (χ2n) is 4.60. The summed E-state index contributed by atoms with van der Waals surface area (Å²) in [5.41, 5.74) is 9.29. The lowest BCUT2D eigenvalue weighted by Crippen LogP contribution is -2.35. The monoisotopic (exact) mass is 233 g/mol. The molecule has 0 aliphatic carbocycles. The zero-order valence-corrected chi connectivity index (χ0v) is 10.4. The number of carbonyl (C=O) groups excluding carboxylic acids is 1. The first-order chi connectivity index (χ1) is 8.11. The van der Waals surface area contributed by atoms with Crippen LogP contribution in [0.1, 0.15) is 36.9 Å². The molecule has 1 unspecified atom stereocenters. The van der Waals surface area contributed by atoms with Gasteiger partial charge < -0.3 is 16.0 Å². The SMILES string of the molecule is CCCC(N)c1ccc2c(c1)CN(C)C(=O)N2. The van der Waals surface area contributed by atoms with E-state index in [4.69, 9.17) is 5.73 Å². The van der Waals surface area contributed by atoms with Crippen molar-refractivity contribution in [1.82, 2.24) is 4.90 Å². The van der Waals surface area contributed by atoms with Gasteiger partial charge in [0.05, 0.1) is 0 Å². The molecule has 1 atom stereocenters. The zero-order valence-electron chi connectivity index (χ0n) is 10.4. The maximum atomic E-state index is 11.5. The van der Waals surface area contributed by atoms with E-state index in [0.29, 0.717) is 6.54 Å². The van der Waals surface area contributed by atoms with Gasteiger partial charge in [0.2, 0.25) is 0 Å². The van der Waals surface area contributed by atoms with Crippen LogP contribution in [0, 0.1) is 0 Å². The average molecular weight is 233 g/mol. The topological polar surface area (TPSA) is 58.4 Å². The van der Waals surface area contributed by atoms with E-state index in [1.54, 1.807) is 11.9 Å². The number of anilines is 1. The van der Waals surface area contributed by atoms with Gasteiger partial charge in [-0.05, 0) is 23.6 Å². The van der Waals surface area contributed by atoms with E-state index >= 15 is 0 Å². The molecule has 1 aliphatic rings. The van der Waals surface area contributed by atoms with Gasteiger partial charge in [0.1, 0.15) is 0 Å². The predicted molar refractivity (Wildman–Crippen MR) is 68.8 cm³/mol. The lowest BCUT2D eigenvalue weighted by atomic mass is 9.99. The number of hydrogen-bond acceptors (Lipinski definition) is 2. The Balaban J connectivity index is 2.25. The summed E-state index contributed by atoms with van der Waals surface area (Å²) in [6.07, 6.45) is 2.07. The molecular formula is C13H19N3O. The van der Waals surface area contributed by atoms with E-state index < -0.39 is 0 Å². The maximum absolute atomic E-state index is 11.5. The van der Waals surface area contributed by atoms with Crippen molar-refractivity contribution in [2.45, 2.75) is 32.4 Å². The van der Waals surface area contributed by atoms with Gasteiger partial charge in [0, 0.05) is 25.3 Å². The number of carbonyl (C=O) groups is 1. The lowest BCUT2D eigenvalue weighted by Gasteiger charge is -2.27. The first kappa shape index (κ1) is 11.9. The zero-order chi connectivity index (χ0) is 12.4. The summed E-state index contributed by atoms with van der Waals surface area (Å²) in [6, 6.07) is 6.10. The summed E-state index contributed by atoms with van der Waals surface area (Å²) in [5, 5.41) is 2.85. The molecule has 0 bridgehead atoms. The van der Waals surface area contributed by atoms with Crippen LogP contribution < -0.4 is 11.1 Å². The van der Waals surface area contributed by atoms with Gasteiger partial charge in [-0.1, -0.05) is 25.5 Å². The van der Waals surface area contributed by atoms with Gasteiger partial charge in [-0.2, -0.15) is 0 Å². The summed E-state index contributed by atoms with van der Waals surface area (Å²) < 4.78 is 0. The number of fused-ring (bicyclic) bond motifs is 1. The molecule has 1 aromatic carbocycles. The molecule has 1 aliphatic heterocycles. The highest BCUT2D eigenvalue weighted by molar-refractivity contribution is 5.92. The minimum atomic E-state index is -0.0527. The van der Waals surface area contributed by atoms with Crippen LogP contribution in [0.2, 0.25) is 0 Å². The van der Waals surface area contributed by atoms with Crippen molar-refractivity contribution >= 4 is 11.7 Å². The molecule has 4 heteroatoms. The summed E-state index contributed by atoms with van der Waals surface area (Å²) in [4.78, 5) is 13.1. The van der Waals surface area contributed by atoms with Crippen molar-refractivity contribution in [2.75, 3.05) is 12.4 Å². The number of benzene rings is 1. The maximum Gasteiger partial charge on any atom is 0.321 e. The van der Waals surface area contributed by atoms with Crippen LogP contribution in [0.15, 0.2) is 18.2 Å². The van der Waals surface area contributed by atoms with E-state index in [9.17, 15) is 4.79 Å². The molecule has 0 fully saturated rings. The summed E-state index contributed by atoms with van der Waals surface area (Å²) in [6.45, 7) is 2.78. The Morgan fingerprint density at radius 2 is 2.29 bits per heavy atom. The Hall–Kier alpha value is -1.55. The standard InChI is InChI=1S/C13H19N3O/c1-3-4-11(14)9-5-6-12-10(7-9)8-16(2)13(17)15-12/h5-7,11H,3-4,8,14H2,1-2H3,(H,15,17). The predicted octanol–water partition coefficient (Wildman–Crippen LogP) is 2.46. The van der Waals surface area contributed by atoms with E-state index in [0.717, 1.165) is 29.7 Å². The van der Waals surface area contributed by atoms with Crippen molar-refractivity contribution in [3.05, 3.63) is 29.3 Å². The molecule has 3 N–H and O–H groups in total. The number of urea groups is 1.